The van der Waals surface area contributed by atoms with Crippen LogP contribution in [0.1, 0.15) is 48.0 Å². The van der Waals surface area contributed by atoms with Gasteiger partial charge in [-0.1, -0.05) is 0 Å². The lowest BCUT2D eigenvalue weighted by Gasteiger charge is -2.28. The zero-order valence-corrected chi connectivity index (χ0v) is 17.6. The molecule has 0 spiro atoms. The van der Waals surface area contributed by atoms with Crippen LogP contribution in [0.2, 0.25) is 0 Å². The van der Waals surface area contributed by atoms with Crippen molar-refractivity contribution in [1.29, 1.82) is 0 Å². The molecule has 10 heteroatoms. The molecule has 0 bridgehead atoms. The Labute approximate surface area is 169 Å². The lowest BCUT2D eigenvalue weighted by molar-refractivity contribution is 0.0429. The van der Waals surface area contributed by atoms with Crippen LogP contribution in [0.5, 0.6) is 0 Å². The molecule has 1 saturated heterocycles. The minimum Gasteiger partial charge on any atom is -0.443 e. The molecule has 2 aromatic rings. The van der Waals surface area contributed by atoms with Gasteiger partial charge in [-0.3, -0.25) is 0 Å². The van der Waals surface area contributed by atoms with Crippen molar-refractivity contribution < 1.29 is 23.8 Å². The van der Waals surface area contributed by atoms with E-state index in [0.29, 0.717) is 17.7 Å². The minimum absolute atomic E-state index is 0.0138. The highest BCUT2D eigenvalue weighted by Gasteiger charge is 2.35. The number of nitrogens with zero attached hydrogens (tertiary/aromatic N) is 5. The summed E-state index contributed by atoms with van der Waals surface area (Å²) in [6.07, 6.45) is 2.18. The highest BCUT2D eigenvalue weighted by atomic mass is 16.6. The SMILES string of the molecule is CC(C)(C)OC(=O)N(C(=O)OC(C)(C)C)c1ncnc2c1ncn2CC[C@@H]1CO1. The Hall–Kier alpha value is -2.75. The second-order valence-electron chi connectivity index (χ2n) is 8.85. The predicted molar refractivity (Wildman–Crippen MR) is 105 cm³/mol. The number of ether oxygens (including phenoxy) is 3. The van der Waals surface area contributed by atoms with E-state index < -0.39 is 23.4 Å². The molecule has 0 aromatic carbocycles. The molecule has 1 atom stereocenters. The Balaban J connectivity index is 1.98. The first-order valence-corrected chi connectivity index (χ1v) is 9.48. The zero-order valence-electron chi connectivity index (χ0n) is 17.6. The molecule has 10 nitrogen and oxygen atoms in total. The summed E-state index contributed by atoms with van der Waals surface area (Å²) in [6, 6.07) is 0. The molecule has 3 heterocycles. The van der Waals surface area contributed by atoms with E-state index >= 15 is 0 Å². The smallest absolute Gasteiger partial charge is 0.425 e. The monoisotopic (exact) mass is 405 g/mol. The Morgan fingerprint density at radius 1 is 1.10 bits per heavy atom. The van der Waals surface area contributed by atoms with E-state index in [0.717, 1.165) is 17.9 Å². The van der Waals surface area contributed by atoms with Crippen molar-refractivity contribution in [2.45, 2.75) is 71.8 Å². The van der Waals surface area contributed by atoms with Crippen LogP contribution in [-0.2, 0) is 20.8 Å². The lowest BCUT2D eigenvalue weighted by Crippen LogP contribution is -2.44. The lowest BCUT2D eigenvalue weighted by atomic mass is 10.2. The summed E-state index contributed by atoms with van der Waals surface area (Å²) >= 11 is 0. The largest absolute Gasteiger partial charge is 0.443 e. The van der Waals surface area contributed by atoms with Crippen LogP contribution < -0.4 is 4.90 Å². The van der Waals surface area contributed by atoms with Crippen LogP contribution in [0.3, 0.4) is 0 Å². The van der Waals surface area contributed by atoms with Gasteiger partial charge >= 0.3 is 12.2 Å². The highest BCUT2D eigenvalue weighted by Crippen LogP contribution is 2.26. The standard InChI is InChI=1S/C19H27N5O5/c1-18(2,3)28-16(25)24(17(26)29-19(4,5)6)15-13-14(20-10-21-15)23(11-22-13)8-7-12-9-27-12/h10-12H,7-9H2,1-6H3/t12-/m1/s1. The zero-order chi connectivity index (χ0) is 21.4. The molecular formula is C19H27N5O5. The van der Waals surface area contributed by atoms with Crippen LogP contribution in [0, 0.1) is 0 Å². The highest BCUT2D eigenvalue weighted by molar-refractivity contribution is 6.12. The van der Waals surface area contributed by atoms with E-state index in [1.807, 2.05) is 4.57 Å². The Bertz CT molecular complexity index is 880. The van der Waals surface area contributed by atoms with Gasteiger partial charge < -0.3 is 18.8 Å². The maximum atomic E-state index is 12.9. The second kappa shape index (κ2) is 7.58. The molecule has 3 rings (SSSR count). The molecule has 1 fully saturated rings. The molecule has 2 amide bonds. The number of epoxide rings is 1. The number of hydrogen-bond donors (Lipinski definition) is 0. The van der Waals surface area contributed by atoms with Crippen molar-refractivity contribution in [1.82, 2.24) is 19.5 Å². The first kappa shape index (κ1) is 21.0. The third-order valence-electron chi connectivity index (χ3n) is 3.84. The van der Waals surface area contributed by atoms with E-state index in [-0.39, 0.29) is 11.9 Å². The summed E-state index contributed by atoms with van der Waals surface area (Å²) in [5, 5.41) is 0. The van der Waals surface area contributed by atoms with Gasteiger partial charge in [0.15, 0.2) is 17.0 Å². The number of anilines is 1. The van der Waals surface area contributed by atoms with Gasteiger partial charge in [-0.15, -0.1) is 0 Å². The topological polar surface area (TPSA) is 112 Å². The number of fused-ring (bicyclic) bond motifs is 1. The van der Waals surface area contributed by atoms with E-state index in [2.05, 4.69) is 15.0 Å². The van der Waals surface area contributed by atoms with Gasteiger partial charge in [-0.2, -0.15) is 4.90 Å². The number of rotatable bonds is 4. The first-order valence-electron chi connectivity index (χ1n) is 9.48. The number of aryl methyl sites for hydroxylation is 1. The third kappa shape index (κ3) is 5.41. The number of carbonyl (C=O) groups excluding carboxylic acids is 2. The fourth-order valence-corrected chi connectivity index (χ4v) is 2.58. The number of aromatic nitrogens is 4. The summed E-state index contributed by atoms with van der Waals surface area (Å²) in [5.74, 6) is 0.0138. The summed E-state index contributed by atoms with van der Waals surface area (Å²) in [7, 11) is 0. The van der Waals surface area contributed by atoms with Crippen LogP contribution in [-0.4, -0.2) is 55.6 Å². The van der Waals surface area contributed by atoms with Gasteiger partial charge in [0, 0.05) is 6.54 Å². The maximum Gasteiger partial charge on any atom is 0.425 e. The fourth-order valence-electron chi connectivity index (χ4n) is 2.58. The van der Waals surface area contributed by atoms with Gasteiger partial charge in [-0.05, 0) is 48.0 Å². The molecule has 0 aliphatic carbocycles. The van der Waals surface area contributed by atoms with Gasteiger partial charge in [0.25, 0.3) is 0 Å². The molecule has 0 unspecified atom stereocenters. The van der Waals surface area contributed by atoms with Gasteiger partial charge in [-0.25, -0.2) is 24.5 Å². The molecule has 1 aliphatic rings. The van der Waals surface area contributed by atoms with Crippen molar-refractivity contribution in [3.05, 3.63) is 12.7 Å². The van der Waals surface area contributed by atoms with Crippen molar-refractivity contribution >= 4 is 29.2 Å². The molecular weight excluding hydrogens is 378 g/mol. The molecule has 158 valence electrons. The molecule has 0 N–H and O–H groups in total. The van der Waals surface area contributed by atoms with Gasteiger partial charge in [0.1, 0.15) is 17.5 Å². The molecule has 0 radical (unpaired) electrons. The average molecular weight is 405 g/mol. The van der Waals surface area contributed by atoms with Crippen molar-refractivity contribution in [2.24, 2.45) is 0 Å². The van der Waals surface area contributed by atoms with E-state index in [1.54, 1.807) is 47.9 Å². The number of carbonyl (C=O) groups is 2. The van der Waals surface area contributed by atoms with Crippen LogP contribution >= 0.6 is 0 Å². The van der Waals surface area contributed by atoms with Crippen molar-refractivity contribution in [3.8, 4) is 0 Å². The number of hydrogen-bond acceptors (Lipinski definition) is 8. The fraction of sp³-hybridized carbons (Fsp3) is 0.632. The second-order valence-corrected chi connectivity index (χ2v) is 8.85. The molecule has 2 aromatic heterocycles. The predicted octanol–water partition coefficient (Wildman–Crippen LogP) is 3.29. The van der Waals surface area contributed by atoms with E-state index in [9.17, 15) is 9.59 Å². The van der Waals surface area contributed by atoms with E-state index in [4.69, 9.17) is 14.2 Å². The average Bonchev–Trinajstić information content (AvgIpc) is 3.29. The van der Waals surface area contributed by atoms with Crippen LogP contribution in [0.25, 0.3) is 11.2 Å². The van der Waals surface area contributed by atoms with Crippen LogP contribution in [0.15, 0.2) is 12.7 Å². The molecule has 1 aliphatic heterocycles. The number of imide groups is 1. The Morgan fingerprint density at radius 2 is 1.69 bits per heavy atom. The summed E-state index contributed by atoms with van der Waals surface area (Å²) in [6.45, 7) is 11.7. The minimum atomic E-state index is -0.896. The summed E-state index contributed by atoms with van der Waals surface area (Å²) < 4.78 is 17.9. The Morgan fingerprint density at radius 3 is 2.21 bits per heavy atom. The van der Waals surface area contributed by atoms with Crippen molar-refractivity contribution in [3.63, 3.8) is 0 Å². The quantitative estimate of drug-likeness (QED) is 0.712. The number of amides is 2. The van der Waals surface area contributed by atoms with Gasteiger partial charge in [0.2, 0.25) is 0 Å². The van der Waals surface area contributed by atoms with E-state index in [1.165, 1.54) is 6.33 Å². The summed E-state index contributed by atoms with van der Waals surface area (Å²) in [4.78, 5) is 39.2. The molecule has 0 saturated carbocycles. The van der Waals surface area contributed by atoms with Crippen molar-refractivity contribution in [2.75, 3.05) is 11.5 Å². The Kier molecular flexibility index (Phi) is 5.48. The summed E-state index contributed by atoms with van der Waals surface area (Å²) in [5.41, 5.74) is -0.811. The first-order chi connectivity index (χ1) is 13.4. The third-order valence-corrected chi connectivity index (χ3v) is 3.84. The maximum absolute atomic E-state index is 12.9. The molecule has 29 heavy (non-hydrogen) atoms. The normalized spacial score (nSPS) is 16.6. The van der Waals surface area contributed by atoms with Gasteiger partial charge in [0.05, 0.1) is 19.0 Å². The number of imidazole rings is 1. The van der Waals surface area contributed by atoms with Crippen LogP contribution in [0.4, 0.5) is 15.4 Å².